The predicted octanol–water partition coefficient (Wildman–Crippen LogP) is 7.48. The van der Waals surface area contributed by atoms with Gasteiger partial charge in [-0.3, -0.25) is 0 Å². The molecule has 1 aromatic carbocycles. The van der Waals surface area contributed by atoms with Crippen LogP contribution in [0, 0.1) is 17.3 Å². The zero-order valence-corrected chi connectivity index (χ0v) is 22.1. The van der Waals surface area contributed by atoms with E-state index in [0.717, 1.165) is 48.2 Å². The number of nitrogens with zero attached hydrogens (tertiary/aromatic N) is 3. The smallest absolute Gasteiger partial charge is 0.416 e. The van der Waals surface area contributed by atoms with Gasteiger partial charge < -0.3 is 9.84 Å². The number of allylic oxidation sites excluding steroid dienone is 4. The maximum atomic E-state index is 13.1. The molecule has 0 amide bonds. The van der Waals surface area contributed by atoms with E-state index in [1.165, 1.54) is 12.1 Å². The SMILES string of the molecule is CC(C)CCCCCOC(=O)C=CC1C=C(n2nc3ccc(C(F)(F)F)cc3n2)C(O)=C(C(C)(C)C)C1. The van der Waals surface area contributed by atoms with E-state index >= 15 is 0 Å². The average Bonchev–Trinajstić information content (AvgIpc) is 3.22. The molecule has 1 unspecified atom stereocenters. The summed E-state index contributed by atoms with van der Waals surface area (Å²) in [5, 5.41) is 19.6. The highest BCUT2D eigenvalue weighted by Gasteiger charge is 2.32. The van der Waals surface area contributed by atoms with E-state index in [1.54, 1.807) is 12.2 Å². The molecule has 0 aliphatic heterocycles. The summed E-state index contributed by atoms with van der Waals surface area (Å²) in [5.74, 6) is -0.0494. The summed E-state index contributed by atoms with van der Waals surface area (Å²) in [7, 11) is 0. The minimum absolute atomic E-state index is 0.0162. The van der Waals surface area contributed by atoms with Crippen LogP contribution in [0.15, 0.2) is 47.8 Å². The Morgan fingerprint density at radius 2 is 1.86 bits per heavy atom. The van der Waals surface area contributed by atoms with Gasteiger partial charge in [0.25, 0.3) is 0 Å². The number of benzene rings is 1. The van der Waals surface area contributed by atoms with Crippen molar-refractivity contribution in [3.05, 3.63) is 53.3 Å². The van der Waals surface area contributed by atoms with Crippen LogP contribution in [0.3, 0.4) is 0 Å². The Balaban J connectivity index is 1.79. The van der Waals surface area contributed by atoms with Crippen molar-refractivity contribution in [3.8, 4) is 0 Å². The number of ether oxygens (including phenoxy) is 1. The van der Waals surface area contributed by atoms with Crippen LogP contribution in [0.1, 0.15) is 72.3 Å². The minimum Gasteiger partial charge on any atom is -0.506 e. The van der Waals surface area contributed by atoms with E-state index in [9.17, 15) is 23.1 Å². The summed E-state index contributed by atoms with van der Waals surface area (Å²) in [6.07, 6.45) is 4.88. The van der Waals surface area contributed by atoms with Crippen LogP contribution in [0.5, 0.6) is 0 Å². The van der Waals surface area contributed by atoms with Crippen molar-refractivity contribution in [2.75, 3.05) is 6.61 Å². The molecule has 0 saturated heterocycles. The van der Waals surface area contributed by atoms with Crippen LogP contribution in [0.25, 0.3) is 16.7 Å². The number of hydrogen-bond acceptors (Lipinski definition) is 5. The summed E-state index contributed by atoms with van der Waals surface area (Å²) >= 11 is 0. The second-order valence-corrected chi connectivity index (χ2v) is 11.0. The van der Waals surface area contributed by atoms with Crippen LogP contribution in [-0.4, -0.2) is 32.7 Å². The van der Waals surface area contributed by atoms with Gasteiger partial charge in [0.2, 0.25) is 0 Å². The predicted molar refractivity (Wildman–Crippen MR) is 137 cm³/mol. The van der Waals surface area contributed by atoms with E-state index < -0.39 is 23.1 Å². The van der Waals surface area contributed by atoms with Gasteiger partial charge in [-0.2, -0.15) is 13.2 Å². The first-order valence-corrected chi connectivity index (χ1v) is 12.7. The van der Waals surface area contributed by atoms with Gasteiger partial charge in [0.1, 0.15) is 22.5 Å². The second-order valence-electron chi connectivity index (χ2n) is 11.0. The Morgan fingerprint density at radius 3 is 2.51 bits per heavy atom. The number of esters is 1. The van der Waals surface area contributed by atoms with Crippen molar-refractivity contribution in [1.29, 1.82) is 0 Å². The van der Waals surface area contributed by atoms with Crippen molar-refractivity contribution in [2.45, 2.75) is 72.9 Å². The molecule has 1 aromatic heterocycles. The summed E-state index contributed by atoms with van der Waals surface area (Å²) in [6.45, 7) is 10.6. The Labute approximate surface area is 215 Å². The number of unbranched alkanes of at least 4 members (excludes halogenated alkanes) is 2. The zero-order chi connectivity index (χ0) is 27.4. The molecule has 0 spiro atoms. The number of aliphatic hydroxyl groups is 1. The third-order valence-electron chi connectivity index (χ3n) is 6.32. The summed E-state index contributed by atoms with van der Waals surface area (Å²) in [5.41, 5.74) is 0.107. The maximum absolute atomic E-state index is 13.1. The molecule has 202 valence electrons. The molecule has 3 rings (SSSR count). The van der Waals surface area contributed by atoms with E-state index in [2.05, 4.69) is 24.0 Å². The molecule has 0 saturated carbocycles. The van der Waals surface area contributed by atoms with Crippen molar-refractivity contribution < 1.29 is 27.8 Å². The van der Waals surface area contributed by atoms with E-state index in [4.69, 9.17) is 4.74 Å². The fourth-order valence-electron chi connectivity index (χ4n) is 4.23. The third kappa shape index (κ3) is 7.69. The Morgan fingerprint density at radius 1 is 1.16 bits per heavy atom. The van der Waals surface area contributed by atoms with Gasteiger partial charge >= 0.3 is 12.1 Å². The van der Waals surface area contributed by atoms with Crippen LogP contribution in [0.2, 0.25) is 0 Å². The Hall–Kier alpha value is -3.10. The van der Waals surface area contributed by atoms with Gasteiger partial charge in [-0.25, -0.2) is 4.79 Å². The quantitative estimate of drug-likeness (QED) is 0.211. The molecule has 1 atom stereocenters. The first-order valence-electron chi connectivity index (χ1n) is 12.7. The molecule has 37 heavy (non-hydrogen) atoms. The first-order chi connectivity index (χ1) is 17.3. The second kappa shape index (κ2) is 11.5. The topological polar surface area (TPSA) is 77.2 Å². The molecule has 6 nitrogen and oxygen atoms in total. The van der Waals surface area contributed by atoms with Gasteiger partial charge in [-0.05, 0) is 54.0 Å². The zero-order valence-electron chi connectivity index (χ0n) is 22.1. The highest BCUT2D eigenvalue weighted by molar-refractivity contribution is 5.82. The van der Waals surface area contributed by atoms with Crippen LogP contribution in [-0.2, 0) is 15.7 Å². The van der Waals surface area contributed by atoms with E-state index in [1.807, 2.05) is 20.8 Å². The minimum atomic E-state index is -4.50. The standard InChI is InChI=1S/C28H36F3N3O3/c1-18(2)9-7-6-8-14-37-25(35)13-10-19-15-21(27(3,4)5)26(36)24(16-19)34-32-22-12-11-20(28(29,30)31)17-23(22)33-34/h10-13,16-19,36H,6-9,14-15H2,1-5H3. The van der Waals surface area contributed by atoms with Crippen molar-refractivity contribution in [3.63, 3.8) is 0 Å². The highest BCUT2D eigenvalue weighted by Crippen LogP contribution is 2.40. The first kappa shape index (κ1) is 28.5. The lowest BCUT2D eigenvalue weighted by atomic mass is 9.77. The van der Waals surface area contributed by atoms with Gasteiger partial charge in [-0.15, -0.1) is 15.0 Å². The summed E-state index contributed by atoms with van der Waals surface area (Å²) in [4.78, 5) is 13.4. The fourth-order valence-corrected chi connectivity index (χ4v) is 4.23. The molecule has 0 radical (unpaired) electrons. The van der Waals surface area contributed by atoms with E-state index in [-0.39, 0.29) is 28.4 Å². The lowest BCUT2D eigenvalue weighted by Gasteiger charge is -2.30. The average molecular weight is 520 g/mol. The molecular weight excluding hydrogens is 483 g/mol. The number of hydrogen-bond donors (Lipinski definition) is 1. The van der Waals surface area contributed by atoms with Crippen molar-refractivity contribution in [1.82, 2.24) is 15.0 Å². The molecular formula is C28H36F3N3O3. The Kier molecular flexibility index (Phi) is 8.87. The fraction of sp³-hybridized carbons (Fsp3) is 0.536. The van der Waals surface area contributed by atoms with Gasteiger partial charge in [0, 0.05) is 12.0 Å². The number of aliphatic hydroxyl groups excluding tert-OH is 1. The number of carbonyl (C=O) groups excluding carboxylic acids is 1. The number of halogens is 3. The van der Waals surface area contributed by atoms with Gasteiger partial charge in [0.05, 0.1) is 12.2 Å². The normalized spacial score (nSPS) is 17.2. The number of aromatic nitrogens is 3. The Bertz CT molecular complexity index is 1200. The molecule has 1 heterocycles. The molecule has 9 heteroatoms. The van der Waals surface area contributed by atoms with Crippen molar-refractivity contribution >= 4 is 22.7 Å². The summed E-state index contributed by atoms with van der Waals surface area (Å²) in [6, 6.07) is 3.14. The third-order valence-corrected chi connectivity index (χ3v) is 6.32. The molecule has 0 fully saturated rings. The molecule has 1 aliphatic carbocycles. The number of fused-ring (bicyclic) bond motifs is 1. The molecule has 2 aromatic rings. The lowest BCUT2D eigenvalue weighted by molar-refractivity contribution is -0.138. The number of alkyl halides is 3. The van der Waals surface area contributed by atoms with Gasteiger partial charge in [-0.1, -0.05) is 60.0 Å². The van der Waals surface area contributed by atoms with Crippen LogP contribution < -0.4 is 0 Å². The molecule has 1 N–H and O–H groups in total. The maximum Gasteiger partial charge on any atom is 0.416 e. The highest BCUT2D eigenvalue weighted by atomic mass is 19.4. The largest absolute Gasteiger partial charge is 0.506 e. The van der Waals surface area contributed by atoms with Crippen molar-refractivity contribution in [2.24, 2.45) is 17.3 Å². The summed E-state index contributed by atoms with van der Waals surface area (Å²) < 4.78 is 44.7. The number of carbonyl (C=O) groups is 1. The monoisotopic (exact) mass is 519 g/mol. The molecule has 1 aliphatic rings. The van der Waals surface area contributed by atoms with Crippen LogP contribution in [0.4, 0.5) is 13.2 Å². The number of rotatable bonds is 9. The van der Waals surface area contributed by atoms with Crippen LogP contribution >= 0.6 is 0 Å². The lowest BCUT2D eigenvalue weighted by Crippen LogP contribution is -2.21. The molecule has 0 bridgehead atoms. The van der Waals surface area contributed by atoms with Gasteiger partial charge in [0.15, 0.2) is 0 Å². The van der Waals surface area contributed by atoms with E-state index in [0.29, 0.717) is 18.9 Å².